The zero-order chi connectivity index (χ0) is 20.1. The summed E-state index contributed by atoms with van der Waals surface area (Å²) in [5.41, 5.74) is 2.76. The molecule has 0 unspecified atom stereocenters. The summed E-state index contributed by atoms with van der Waals surface area (Å²) in [4.78, 5) is 17.6. The van der Waals surface area contributed by atoms with E-state index in [0.29, 0.717) is 13.0 Å². The standard InChI is InChI=1S/C23H30N2O3/c1-17-7-8-19(14-22(17)26)16-25(20-9-11-24(2)12-10-20)23(27)15-18-5-4-6-21(13-18)28-3/h4-8,13-14,20,26H,9-12,15-16H2,1-3H3. The van der Waals surface area contributed by atoms with E-state index in [2.05, 4.69) is 11.9 Å². The molecule has 1 aliphatic heterocycles. The normalized spacial score (nSPS) is 15.4. The van der Waals surface area contributed by atoms with E-state index in [1.54, 1.807) is 13.2 Å². The molecule has 0 atom stereocenters. The number of aryl methyl sites for hydroxylation is 1. The molecule has 1 heterocycles. The second-order valence-electron chi connectivity index (χ2n) is 7.71. The minimum atomic E-state index is 0.114. The van der Waals surface area contributed by atoms with E-state index in [9.17, 15) is 9.90 Å². The van der Waals surface area contributed by atoms with Crippen molar-refractivity contribution in [3.63, 3.8) is 0 Å². The van der Waals surface area contributed by atoms with Crippen LogP contribution in [0, 0.1) is 6.92 Å². The lowest BCUT2D eigenvalue weighted by Crippen LogP contribution is -2.46. The number of likely N-dealkylation sites (tertiary alicyclic amines) is 1. The Balaban J connectivity index is 1.79. The van der Waals surface area contributed by atoms with Gasteiger partial charge in [0.05, 0.1) is 13.5 Å². The number of nitrogens with zero attached hydrogens (tertiary/aromatic N) is 2. The molecule has 1 fully saturated rings. The quantitative estimate of drug-likeness (QED) is 0.832. The maximum absolute atomic E-state index is 13.3. The van der Waals surface area contributed by atoms with Crippen molar-refractivity contribution in [3.05, 3.63) is 59.2 Å². The van der Waals surface area contributed by atoms with E-state index in [0.717, 1.165) is 48.4 Å². The number of hydrogen-bond donors (Lipinski definition) is 1. The first-order valence-corrected chi connectivity index (χ1v) is 9.85. The van der Waals surface area contributed by atoms with Gasteiger partial charge in [-0.2, -0.15) is 0 Å². The lowest BCUT2D eigenvalue weighted by molar-refractivity contribution is -0.134. The zero-order valence-electron chi connectivity index (χ0n) is 17.0. The van der Waals surface area contributed by atoms with Gasteiger partial charge in [-0.15, -0.1) is 0 Å². The minimum Gasteiger partial charge on any atom is -0.508 e. The molecule has 1 N–H and O–H groups in total. The van der Waals surface area contributed by atoms with Crippen LogP contribution in [-0.2, 0) is 17.8 Å². The van der Waals surface area contributed by atoms with Gasteiger partial charge >= 0.3 is 0 Å². The van der Waals surface area contributed by atoms with Gasteiger partial charge in [0, 0.05) is 12.6 Å². The summed E-state index contributed by atoms with van der Waals surface area (Å²) in [5, 5.41) is 10.1. The molecule has 1 saturated heterocycles. The third-order valence-electron chi connectivity index (χ3n) is 5.57. The Kier molecular flexibility index (Phi) is 6.57. The molecule has 1 amide bonds. The van der Waals surface area contributed by atoms with E-state index in [4.69, 9.17) is 4.74 Å². The smallest absolute Gasteiger partial charge is 0.227 e. The number of amides is 1. The summed E-state index contributed by atoms with van der Waals surface area (Å²) in [6, 6.07) is 13.6. The average Bonchev–Trinajstić information content (AvgIpc) is 2.69. The van der Waals surface area contributed by atoms with E-state index in [1.807, 2.05) is 48.2 Å². The van der Waals surface area contributed by atoms with Crippen molar-refractivity contribution < 1.29 is 14.6 Å². The average molecular weight is 383 g/mol. The number of phenols is 1. The van der Waals surface area contributed by atoms with Gasteiger partial charge in [-0.1, -0.05) is 24.3 Å². The van der Waals surface area contributed by atoms with Crippen molar-refractivity contribution in [2.75, 3.05) is 27.2 Å². The number of carbonyl (C=O) groups excluding carboxylic acids is 1. The van der Waals surface area contributed by atoms with Crippen LogP contribution in [0.5, 0.6) is 11.5 Å². The molecule has 150 valence electrons. The third kappa shape index (κ3) is 5.04. The Morgan fingerprint density at radius 1 is 1.18 bits per heavy atom. The highest BCUT2D eigenvalue weighted by Gasteiger charge is 2.27. The van der Waals surface area contributed by atoms with Crippen LogP contribution in [0.15, 0.2) is 42.5 Å². The number of phenolic OH excluding ortho intramolecular Hbond substituents is 1. The number of ether oxygens (including phenoxy) is 1. The maximum atomic E-state index is 13.3. The van der Waals surface area contributed by atoms with Crippen LogP contribution in [-0.4, -0.2) is 54.1 Å². The maximum Gasteiger partial charge on any atom is 0.227 e. The van der Waals surface area contributed by atoms with Crippen LogP contribution in [0.2, 0.25) is 0 Å². The number of rotatable bonds is 6. The fraction of sp³-hybridized carbons (Fsp3) is 0.435. The summed E-state index contributed by atoms with van der Waals surface area (Å²) in [5.74, 6) is 1.16. The molecular weight excluding hydrogens is 352 g/mol. The molecule has 2 aromatic carbocycles. The summed E-state index contributed by atoms with van der Waals surface area (Å²) < 4.78 is 5.29. The van der Waals surface area contributed by atoms with Gasteiger partial charge < -0.3 is 19.6 Å². The molecule has 0 bridgehead atoms. The molecule has 5 heteroatoms. The van der Waals surface area contributed by atoms with Gasteiger partial charge in [-0.05, 0) is 74.8 Å². The van der Waals surface area contributed by atoms with Gasteiger partial charge in [0.25, 0.3) is 0 Å². The first-order chi connectivity index (χ1) is 13.5. The first-order valence-electron chi connectivity index (χ1n) is 9.85. The molecule has 0 aromatic heterocycles. The number of hydrogen-bond acceptors (Lipinski definition) is 4. The highest BCUT2D eigenvalue weighted by molar-refractivity contribution is 5.79. The molecule has 0 spiro atoms. The number of piperidine rings is 1. The predicted molar refractivity (Wildman–Crippen MR) is 111 cm³/mol. The highest BCUT2D eigenvalue weighted by atomic mass is 16.5. The Morgan fingerprint density at radius 2 is 1.93 bits per heavy atom. The minimum absolute atomic E-state index is 0.114. The molecule has 0 radical (unpaired) electrons. The largest absolute Gasteiger partial charge is 0.508 e. The van der Waals surface area contributed by atoms with Crippen LogP contribution in [0.3, 0.4) is 0 Å². The fourth-order valence-corrected chi connectivity index (χ4v) is 3.74. The van der Waals surface area contributed by atoms with Crippen LogP contribution in [0.1, 0.15) is 29.5 Å². The van der Waals surface area contributed by atoms with Crippen molar-refractivity contribution in [3.8, 4) is 11.5 Å². The second-order valence-corrected chi connectivity index (χ2v) is 7.71. The molecule has 2 aromatic rings. The van der Waals surface area contributed by atoms with E-state index in [-0.39, 0.29) is 17.7 Å². The summed E-state index contributed by atoms with van der Waals surface area (Å²) in [6.07, 6.45) is 2.29. The highest BCUT2D eigenvalue weighted by Crippen LogP contribution is 2.23. The fourth-order valence-electron chi connectivity index (χ4n) is 3.74. The molecule has 3 rings (SSSR count). The molecule has 5 nitrogen and oxygen atoms in total. The van der Waals surface area contributed by atoms with Gasteiger partial charge in [0.1, 0.15) is 11.5 Å². The van der Waals surface area contributed by atoms with Crippen molar-refractivity contribution in [1.82, 2.24) is 9.80 Å². The zero-order valence-corrected chi connectivity index (χ0v) is 17.0. The van der Waals surface area contributed by atoms with Crippen molar-refractivity contribution in [1.29, 1.82) is 0 Å². The molecule has 0 saturated carbocycles. The van der Waals surface area contributed by atoms with Crippen LogP contribution >= 0.6 is 0 Å². The molecule has 1 aliphatic rings. The molecule has 28 heavy (non-hydrogen) atoms. The third-order valence-corrected chi connectivity index (χ3v) is 5.57. The van der Waals surface area contributed by atoms with Crippen LogP contribution in [0.4, 0.5) is 0 Å². The van der Waals surface area contributed by atoms with E-state index >= 15 is 0 Å². The van der Waals surface area contributed by atoms with Crippen molar-refractivity contribution in [2.24, 2.45) is 0 Å². The number of methoxy groups -OCH3 is 1. The SMILES string of the molecule is COc1cccc(CC(=O)N(Cc2ccc(C)c(O)c2)C2CCN(C)CC2)c1. The van der Waals surface area contributed by atoms with Crippen molar-refractivity contribution in [2.45, 2.75) is 38.8 Å². The van der Waals surface area contributed by atoms with Gasteiger partial charge in [0.2, 0.25) is 5.91 Å². The predicted octanol–water partition coefficient (Wildman–Crippen LogP) is 3.37. The number of aromatic hydroxyl groups is 1. The Bertz CT molecular complexity index is 813. The second kappa shape index (κ2) is 9.11. The Labute approximate surface area is 167 Å². The lowest BCUT2D eigenvalue weighted by atomic mass is 10.0. The molecule has 0 aliphatic carbocycles. The monoisotopic (exact) mass is 382 g/mol. The van der Waals surface area contributed by atoms with Crippen LogP contribution in [0.25, 0.3) is 0 Å². The van der Waals surface area contributed by atoms with E-state index in [1.165, 1.54) is 0 Å². The van der Waals surface area contributed by atoms with E-state index < -0.39 is 0 Å². The van der Waals surface area contributed by atoms with Crippen molar-refractivity contribution >= 4 is 5.91 Å². The summed E-state index contributed by atoms with van der Waals surface area (Å²) in [7, 11) is 3.76. The summed E-state index contributed by atoms with van der Waals surface area (Å²) >= 11 is 0. The van der Waals surface area contributed by atoms with Crippen LogP contribution < -0.4 is 4.74 Å². The topological polar surface area (TPSA) is 53.0 Å². The number of benzene rings is 2. The molecular formula is C23H30N2O3. The Morgan fingerprint density at radius 3 is 2.61 bits per heavy atom. The summed E-state index contributed by atoms with van der Waals surface area (Å²) in [6.45, 7) is 4.38. The van der Waals surface area contributed by atoms with Gasteiger partial charge in [-0.3, -0.25) is 4.79 Å². The first kappa shape index (κ1) is 20.2. The lowest BCUT2D eigenvalue weighted by Gasteiger charge is -2.37. The Hall–Kier alpha value is -2.53. The van der Waals surface area contributed by atoms with Gasteiger partial charge in [0.15, 0.2) is 0 Å². The number of carbonyl (C=O) groups is 1. The van der Waals surface area contributed by atoms with Gasteiger partial charge in [-0.25, -0.2) is 0 Å².